The first-order valence-corrected chi connectivity index (χ1v) is 9.10. The van der Waals surface area contributed by atoms with Crippen LogP contribution >= 0.6 is 0 Å². The molecule has 154 valence electrons. The van der Waals surface area contributed by atoms with E-state index in [1.807, 2.05) is 6.07 Å². The van der Waals surface area contributed by atoms with Gasteiger partial charge in [0, 0.05) is 42.7 Å². The Hall–Kier alpha value is -3.93. The Morgan fingerprint density at radius 3 is 2.83 bits per heavy atom. The Kier molecular flexibility index (Phi) is 5.69. The molecule has 0 spiro atoms. The molecule has 9 heteroatoms. The molecule has 0 aliphatic carbocycles. The molecule has 2 heterocycles. The third-order valence-electron chi connectivity index (χ3n) is 4.81. The number of halogens is 1. The number of pyridine rings is 1. The van der Waals surface area contributed by atoms with E-state index in [-0.39, 0.29) is 35.1 Å². The van der Waals surface area contributed by atoms with Crippen LogP contribution < -0.4 is 16.2 Å². The van der Waals surface area contributed by atoms with Crippen molar-refractivity contribution in [1.29, 1.82) is 5.26 Å². The van der Waals surface area contributed by atoms with Gasteiger partial charge in [-0.2, -0.15) is 5.26 Å². The number of hydrogen-bond acceptors (Lipinski definition) is 7. The average Bonchev–Trinajstić information content (AvgIpc) is 2.72. The molecule has 8 nitrogen and oxygen atoms in total. The molecule has 1 aromatic heterocycles. The highest BCUT2D eigenvalue weighted by Crippen LogP contribution is 2.32. The Labute approximate surface area is 173 Å². The Bertz CT molecular complexity index is 1120. The number of nitrogens with two attached hydrogens (primary N) is 2. The van der Waals surface area contributed by atoms with Gasteiger partial charge in [-0.25, -0.2) is 9.37 Å². The molecule has 1 aromatic carbocycles. The number of amides is 1. The number of likely N-dealkylation sites (N-methyl/N-ethyl adjacent to an activating group) is 1. The minimum Gasteiger partial charge on any atom is -0.482 e. The first-order valence-electron chi connectivity index (χ1n) is 9.10. The molecule has 1 unspecified atom stereocenters. The number of carbonyl (C=O) groups is 1. The summed E-state index contributed by atoms with van der Waals surface area (Å²) in [5.41, 5.74) is 13.5. The van der Waals surface area contributed by atoms with Gasteiger partial charge in [0.05, 0.1) is 12.1 Å². The summed E-state index contributed by atoms with van der Waals surface area (Å²) in [6, 6.07) is 7.94. The average molecular weight is 408 g/mol. The van der Waals surface area contributed by atoms with Gasteiger partial charge < -0.3 is 21.1 Å². The lowest BCUT2D eigenvalue weighted by Gasteiger charge is -2.25. The molecule has 4 N–H and O–H groups in total. The SMILES string of the molecule is CN=C(C#N)C1=C(N)CN(C)C(=O)c2c(F)cccc2C(C)Oc2cc1cnc2N. The van der Waals surface area contributed by atoms with Crippen LogP contribution in [0.3, 0.4) is 0 Å². The smallest absolute Gasteiger partial charge is 0.257 e. The maximum absolute atomic E-state index is 14.7. The Morgan fingerprint density at radius 1 is 1.43 bits per heavy atom. The summed E-state index contributed by atoms with van der Waals surface area (Å²) in [4.78, 5) is 22.5. The van der Waals surface area contributed by atoms with Crippen LogP contribution in [0.25, 0.3) is 5.57 Å². The normalized spacial score (nSPS) is 17.4. The molecular weight excluding hydrogens is 387 g/mol. The largest absolute Gasteiger partial charge is 0.482 e. The zero-order chi connectivity index (χ0) is 22.0. The van der Waals surface area contributed by atoms with Gasteiger partial charge in [0.2, 0.25) is 0 Å². The third-order valence-corrected chi connectivity index (χ3v) is 4.81. The summed E-state index contributed by atoms with van der Waals surface area (Å²) in [7, 11) is 2.96. The number of aromatic nitrogens is 1. The zero-order valence-corrected chi connectivity index (χ0v) is 16.8. The van der Waals surface area contributed by atoms with E-state index in [0.717, 1.165) is 0 Å². The summed E-state index contributed by atoms with van der Waals surface area (Å²) >= 11 is 0. The lowest BCUT2D eigenvalue weighted by Crippen LogP contribution is -2.33. The number of allylic oxidation sites excluding steroid dienone is 1. The van der Waals surface area contributed by atoms with E-state index in [0.29, 0.717) is 16.7 Å². The van der Waals surface area contributed by atoms with E-state index in [4.69, 9.17) is 16.2 Å². The van der Waals surface area contributed by atoms with Crippen molar-refractivity contribution in [2.24, 2.45) is 10.7 Å². The number of nitrogens with zero attached hydrogens (tertiary/aromatic N) is 4. The number of anilines is 1. The fourth-order valence-electron chi connectivity index (χ4n) is 3.33. The van der Waals surface area contributed by atoms with Gasteiger partial charge in [-0.05, 0) is 19.1 Å². The minimum atomic E-state index is -0.702. The number of fused-ring (bicyclic) bond motifs is 3. The van der Waals surface area contributed by atoms with Gasteiger partial charge in [0.15, 0.2) is 11.6 Å². The van der Waals surface area contributed by atoms with Crippen LogP contribution in [0.2, 0.25) is 0 Å². The quantitative estimate of drug-likeness (QED) is 0.696. The first kappa shape index (κ1) is 20.8. The highest BCUT2D eigenvalue weighted by atomic mass is 19.1. The number of hydrogen-bond donors (Lipinski definition) is 2. The molecule has 1 aliphatic rings. The van der Waals surface area contributed by atoms with E-state index in [1.165, 1.54) is 37.3 Å². The van der Waals surface area contributed by atoms with Crippen LogP contribution in [-0.2, 0) is 0 Å². The highest BCUT2D eigenvalue weighted by Gasteiger charge is 2.27. The van der Waals surface area contributed by atoms with Crippen molar-refractivity contribution in [3.05, 3.63) is 58.7 Å². The van der Waals surface area contributed by atoms with Crippen LogP contribution in [-0.4, -0.2) is 42.1 Å². The van der Waals surface area contributed by atoms with Crippen LogP contribution in [0, 0.1) is 17.1 Å². The van der Waals surface area contributed by atoms with E-state index in [9.17, 15) is 14.4 Å². The van der Waals surface area contributed by atoms with Crippen LogP contribution in [0.15, 0.2) is 41.2 Å². The van der Waals surface area contributed by atoms with Crippen LogP contribution in [0.4, 0.5) is 10.2 Å². The van der Waals surface area contributed by atoms with Crippen molar-refractivity contribution in [3.63, 3.8) is 0 Å². The Morgan fingerprint density at radius 2 is 2.17 bits per heavy atom. The molecular formula is C21H21FN6O2. The number of ether oxygens (including phenoxy) is 1. The van der Waals surface area contributed by atoms with Crippen molar-refractivity contribution in [3.8, 4) is 11.8 Å². The maximum Gasteiger partial charge on any atom is 0.257 e. The molecule has 0 saturated heterocycles. The van der Waals surface area contributed by atoms with E-state index < -0.39 is 17.8 Å². The first-order chi connectivity index (χ1) is 14.3. The monoisotopic (exact) mass is 408 g/mol. The number of nitriles is 1. The van der Waals surface area contributed by atoms with Crippen LogP contribution in [0.5, 0.6) is 5.75 Å². The molecule has 1 amide bonds. The summed E-state index contributed by atoms with van der Waals surface area (Å²) < 4.78 is 20.6. The molecule has 2 aromatic rings. The van der Waals surface area contributed by atoms with E-state index in [2.05, 4.69) is 9.98 Å². The number of carbonyl (C=O) groups excluding carboxylic acids is 1. The van der Waals surface area contributed by atoms with Crippen molar-refractivity contribution in [2.45, 2.75) is 13.0 Å². The number of benzene rings is 1. The second-order valence-corrected chi connectivity index (χ2v) is 6.82. The zero-order valence-electron chi connectivity index (χ0n) is 16.8. The molecule has 30 heavy (non-hydrogen) atoms. The summed E-state index contributed by atoms with van der Waals surface area (Å²) in [5, 5.41) is 9.52. The number of rotatable bonds is 1. The fraction of sp³-hybridized carbons (Fsp3) is 0.238. The van der Waals surface area contributed by atoms with Gasteiger partial charge in [-0.3, -0.25) is 9.79 Å². The summed E-state index contributed by atoms with van der Waals surface area (Å²) in [6.45, 7) is 1.63. The predicted molar refractivity (Wildman–Crippen MR) is 111 cm³/mol. The van der Waals surface area contributed by atoms with Gasteiger partial charge in [-0.1, -0.05) is 12.1 Å². The van der Waals surface area contributed by atoms with Crippen molar-refractivity contribution in [1.82, 2.24) is 9.88 Å². The van der Waals surface area contributed by atoms with Gasteiger partial charge >= 0.3 is 0 Å². The summed E-state index contributed by atoms with van der Waals surface area (Å²) in [5.74, 6) is -0.917. The second kappa shape index (κ2) is 8.21. The van der Waals surface area contributed by atoms with Crippen molar-refractivity contribution >= 4 is 23.0 Å². The molecule has 2 bridgehead atoms. The molecule has 1 atom stereocenters. The van der Waals surface area contributed by atoms with Gasteiger partial charge in [0.1, 0.15) is 23.7 Å². The lowest BCUT2D eigenvalue weighted by molar-refractivity contribution is 0.0796. The van der Waals surface area contributed by atoms with E-state index >= 15 is 0 Å². The number of nitrogen functional groups attached to an aromatic ring is 1. The predicted octanol–water partition coefficient (Wildman–Crippen LogP) is 2.29. The van der Waals surface area contributed by atoms with Gasteiger partial charge in [0.25, 0.3) is 5.91 Å². The fourth-order valence-corrected chi connectivity index (χ4v) is 3.33. The van der Waals surface area contributed by atoms with Crippen LogP contribution in [0.1, 0.15) is 34.5 Å². The van der Waals surface area contributed by atoms with E-state index in [1.54, 1.807) is 19.1 Å². The second-order valence-electron chi connectivity index (χ2n) is 6.82. The standard InChI is InChI=1S/C21H21FN6O2/c1-11-13-5-4-6-14(22)19(13)21(29)28(3)10-15(24)18(16(8-23)26-2)12-7-17(30-11)20(25)27-9-12/h4-7,9,11H,10,24H2,1-3H3,(H2,25,27). The lowest BCUT2D eigenvalue weighted by atomic mass is 9.98. The van der Waals surface area contributed by atoms with Crippen molar-refractivity contribution < 1.29 is 13.9 Å². The molecule has 0 radical (unpaired) electrons. The number of aliphatic imine (C=N–C) groups is 1. The minimum absolute atomic E-state index is 0.0579. The van der Waals surface area contributed by atoms with Crippen molar-refractivity contribution in [2.75, 3.05) is 26.4 Å². The Balaban J connectivity index is 2.31. The maximum atomic E-state index is 14.7. The molecule has 3 rings (SSSR count). The highest BCUT2D eigenvalue weighted by molar-refractivity contribution is 6.32. The molecule has 0 saturated carbocycles. The molecule has 1 aliphatic heterocycles. The molecule has 0 fully saturated rings. The summed E-state index contributed by atoms with van der Waals surface area (Å²) in [6.07, 6.45) is 0.755. The van der Waals surface area contributed by atoms with Gasteiger partial charge in [-0.15, -0.1) is 0 Å². The topological polar surface area (TPSA) is 131 Å². The third kappa shape index (κ3) is 3.67.